The third kappa shape index (κ3) is 2.68. The van der Waals surface area contributed by atoms with Gasteiger partial charge < -0.3 is 9.72 Å². The van der Waals surface area contributed by atoms with Gasteiger partial charge in [-0.1, -0.05) is 42.3 Å². The number of aromatic nitrogens is 1. The van der Waals surface area contributed by atoms with Gasteiger partial charge in [0.15, 0.2) is 0 Å². The predicted octanol–water partition coefficient (Wildman–Crippen LogP) is 2.84. The summed E-state index contributed by atoms with van der Waals surface area (Å²) in [5, 5.41) is 2.65. The monoisotopic (exact) mass is 316 g/mol. The van der Waals surface area contributed by atoms with Gasteiger partial charge >= 0.3 is 0 Å². The standard InChI is InChI=1S/C20H16N2O2/c1-3-12-21-20(24)16-13-18(19(23)15-9-5-4-6-10-15)22-14(2)8-7-11-17(16)22/h1,4-11,13H,12H2,2H3,(H,21,24). The first-order valence-electron chi connectivity index (χ1n) is 7.56. The van der Waals surface area contributed by atoms with E-state index in [9.17, 15) is 9.59 Å². The summed E-state index contributed by atoms with van der Waals surface area (Å²) in [4.78, 5) is 25.2. The Morgan fingerprint density at radius 2 is 1.88 bits per heavy atom. The third-order valence-electron chi connectivity index (χ3n) is 3.85. The summed E-state index contributed by atoms with van der Waals surface area (Å²) in [6, 6.07) is 16.2. The smallest absolute Gasteiger partial charge is 0.254 e. The fraction of sp³-hybridized carbons (Fsp3) is 0.100. The molecule has 0 aliphatic rings. The summed E-state index contributed by atoms with van der Waals surface area (Å²) in [6.45, 7) is 2.04. The van der Waals surface area contributed by atoms with E-state index in [0.29, 0.717) is 22.3 Å². The SMILES string of the molecule is C#CCNC(=O)c1cc(C(=O)c2ccccc2)n2c(C)cccc12. The highest BCUT2D eigenvalue weighted by Gasteiger charge is 2.21. The summed E-state index contributed by atoms with van der Waals surface area (Å²) in [5.74, 6) is 1.96. The maximum Gasteiger partial charge on any atom is 0.254 e. The van der Waals surface area contributed by atoms with Crippen LogP contribution < -0.4 is 5.32 Å². The number of hydrogen-bond donors (Lipinski definition) is 1. The third-order valence-corrected chi connectivity index (χ3v) is 3.85. The number of benzene rings is 1. The predicted molar refractivity (Wildman–Crippen MR) is 93.2 cm³/mol. The molecule has 0 atom stereocenters. The second-order valence-electron chi connectivity index (χ2n) is 5.41. The van der Waals surface area contributed by atoms with Crippen LogP contribution in [0.3, 0.4) is 0 Å². The van der Waals surface area contributed by atoms with Crippen LogP contribution in [0.15, 0.2) is 54.6 Å². The van der Waals surface area contributed by atoms with Crippen molar-refractivity contribution in [2.45, 2.75) is 6.92 Å². The number of amides is 1. The van der Waals surface area contributed by atoms with E-state index in [1.54, 1.807) is 22.6 Å². The quantitative estimate of drug-likeness (QED) is 0.594. The van der Waals surface area contributed by atoms with Crippen molar-refractivity contribution in [2.75, 3.05) is 6.54 Å². The molecule has 118 valence electrons. The molecule has 0 radical (unpaired) electrons. The number of nitrogens with zero attached hydrogens (tertiary/aromatic N) is 1. The van der Waals surface area contributed by atoms with Crippen LogP contribution in [0.1, 0.15) is 32.1 Å². The molecule has 2 heterocycles. The molecule has 3 aromatic rings. The van der Waals surface area contributed by atoms with Crippen LogP contribution in [0.2, 0.25) is 0 Å². The Kier molecular flexibility index (Phi) is 4.17. The molecule has 1 aromatic carbocycles. The molecule has 2 aromatic heterocycles. The molecule has 4 heteroatoms. The van der Waals surface area contributed by atoms with Gasteiger partial charge in [0.25, 0.3) is 5.91 Å². The van der Waals surface area contributed by atoms with E-state index in [2.05, 4.69) is 11.2 Å². The number of pyridine rings is 1. The number of rotatable bonds is 4. The van der Waals surface area contributed by atoms with E-state index >= 15 is 0 Å². The van der Waals surface area contributed by atoms with E-state index < -0.39 is 0 Å². The molecule has 24 heavy (non-hydrogen) atoms. The molecule has 0 unspecified atom stereocenters. The molecule has 0 saturated heterocycles. The molecule has 0 fully saturated rings. The maximum absolute atomic E-state index is 12.9. The molecule has 0 saturated carbocycles. The van der Waals surface area contributed by atoms with Crippen molar-refractivity contribution in [3.05, 3.63) is 77.1 Å². The number of fused-ring (bicyclic) bond motifs is 1. The van der Waals surface area contributed by atoms with Crippen molar-refractivity contribution < 1.29 is 9.59 Å². The van der Waals surface area contributed by atoms with Gasteiger partial charge in [-0.2, -0.15) is 0 Å². The molecule has 4 nitrogen and oxygen atoms in total. The zero-order chi connectivity index (χ0) is 17.1. The maximum atomic E-state index is 12.9. The number of carbonyl (C=O) groups is 2. The summed E-state index contributed by atoms with van der Waals surface area (Å²) in [5.41, 5.74) is 3.04. The minimum atomic E-state index is -0.289. The molecule has 0 aliphatic carbocycles. The number of hydrogen-bond acceptors (Lipinski definition) is 2. The van der Waals surface area contributed by atoms with E-state index in [0.717, 1.165) is 5.69 Å². The lowest BCUT2D eigenvalue weighted by atomic mass is 10.1. The largest absolute Gasteiger partial charge is 0.341 e. The van der Waals surface area contributed by atoms with Crippen molar-refractivity contribution in [1.82, 2.24) is 9.72 Å². The molecule has 1 amide bonds. The number of carbonyl (C=O) groups excluding carboxylic acids is 2. The average Bonchev–Trinajstić information content (AvgIpc) is 3.01. The lowest BCUT2D eigenvalue weighted by Gasteiger charge is -2.06. The first-order valence-corrected chi connectivity index (χ1v) is 7.56. The zero-order valence-corrected chi connectivity index (χ0v) is 13.2. The Labute approximate surface area is 140 Å². The Hall–Kier alpha value is -3.32. The van der Waals surface area contributed by atoms with Crippen LogP contribution in [0.5, 0.6) is 0 Å². The first-order chi connectivity index (χ1) is 11.6. The van der Waals surface area contributed by atoms with Gasteiger partial charge in [-0.3, -0.25) is 9.59 Å². The summed E-state index contributed by atoms with van der Waals surface area (Å²) in [6.07, 6.45) is 5.20. The van der Waals surface area contributed by atoms with E-state index in [1.807, 2.05) is 43.3 Å². The first kappa shape index (κ1) is 15.6. The van der Waals surface area contributed by atoms with Gasteiger partial charge in [0, 0.05) is 11.3 Å². The molecule has 1 N–H and O–H groups in total. The van der Waals surface area contributed by atoms with Gasteiger partial charge in [-0.05, 0) is 25.1 Å². The molecule has 0 spiro atoms. The van der Waals surface area contributed by atoms with Crippen LogP contribution in [-0.2, 0) is 0 Å². The molecular weight excluding hydrogens is 300 g/mol. The molecule has 3 rings (SSSR count). The fourth-order valence-electron chi connectivity index (χ4n) is 2.74. The van der Waals surface area contributed by atoms with Crippen molar-refractivity contribution in [2.24, 2.45) is 0 Å². The van der Waals surface area contributed by atoms with Crippen molar-refractivity contribution in [1.29, 1.82) is 0 Å². The second-order valence-corrected chi connectivity index (χ2v) is 5.41. The lowest BCUT2D eigenvalue weighted by molar-refractivity contribution is 0.0960. The normalized spacial score (nSPS) is 10.3. The van der Waals surface area contributed by atoms with Crippen molar-refractivity contribution >= 4 is 17.2 Å². The van der Waals surface area contributed by atoms with E-state index in [1.165, 1.54) is 0 Å². The minimum absolute atomic E-state index is 0.129. The lowest BCUT2D eigenvalue weighted by Crippen LogP contribution is -2.23. The van der Waals surface area contributed by atoms with Crippen LogP contribution in [0.4, 0.5) is 0 Å². The van der Waals surface area contributed by atoms with Gasteiger partial charge in [0.2, 0.25) is 5.78 Å². The summed E-state index contributed by atoms with van der Waals surface area (Å²) < 4.78 is 1.81. The minimum Gasteiger partial charge on any atom is -0.341 e. The number of ketones is 1. The Morgan fingerprint density at radius 1 is 1.12 bits per heavy atom. The number of aryl methyl sites for hydroxylation is 1. The average molecular weight is 316 g/mol. The highest BCUT2D eigenvalue weighted by Crippen LogP contribution is 2.22. The van der Waals surface area contributed by atoms with Crippen molar-refractivity contribution in [3.8, 4) is 12.3 Å². The Balaban J connectivity index is 2.17. The van der Waals surface area contributed by atoms with Gasteiger partial charge in [-0.15, -0.1) is 6.42 Å². The molecular formula is C20H16N2O2. The highest BCUT2D eigenvalue weighted by molar-refractivity contribution is 6.12. The highest BCUT2D eigenvalue weighted by atomic mass is 16.1. The Bertz CT molecular complexity index is 962. The van der Waals surface area contributed by atoms with Gasteiger partial charge in [0.05, 0.1) is 23.3 Å². The Morgan fingerprint density at radius 3 is 2.58 bits per heavy atom. The number of terminal acetylenes is 1. The van der Waals surface area contributed by atoms with Gasteiger partial charge in [0.1, 0.15) is 0 Å². The molecule has 0 bridgehead atoms. The fourth-order valence-corrected chi connectivity index (χ4v) is 2.74. The topological polar surface area (TPSA) is 50.6 Å². The zero-order valence-electron chi connectivity index (χ0n) is 13.2. The van der Waals surface area contributed by atoms with E-state index in [4.69, 9.17) is 6.42 Å². The van der Waals surface area contributed by atoms with Crippen LogP contribution in [0.25, 0.3) is 5.52 Å². The van der Waals surface area contributed by atoms with Crippen LogP contribution >= 0.6 is 0 Å². The van der Waals surface area contributed by atoms with Crippen LogP contribution in [0, 0.1) is 19.3 Å². The summed E-state index contributed by atoms with van der Waals surface area (Å²) >= 11 is 0. The number of nitrogens with one attached hydrogen (secondary N) is 1. The van der Waals surface area contributed by atoms with Gasteiger partial charge in [-0.25, -0.2) is 0 Å². The second kappa shape index (κ2) is 6.43. The van der Waals surface area contributed by atoms with E-state index in [-0.39, 0.29) is 18.2 Å². The summed E-state index contributed by atoms with van der Waals surface area (Å²) in [7, 11) is 0. The molecule has 0 aliphatic heterocycles. The van der Waals surface area contributed by atoms with Crippen LogP contribution in [-0.4, -0.2) is 22.6 Å². The van der Waals surface area contributed by atoms with Crippen molar-refractivity contribution in [3.63, 3.8) is 0 Å².